The predicted octanol–water partition coefficient (Wildman–Crippen LogP) is 3.69. The van der Waals surface area contributed by atoms with Gasteiger partial charge in [0.1, 0.15) is 18.1 Å². The molecule has 1 unspecified atom stereocenters. The van der Waals surface area contributed by atoms with E-state index in [0.717, 1.165) is 17.8 Å². The van der Waals surface area contributed by atoms with Crippen LogP contribution in [-0.4, -0.2) is 60.4 Å². The monoisotopic (exact) mass is 426 g/mol. The minimum absolute atomic E-state index is 0.132. The molecule has 0 bridgehead atoms. The van der Waals surface area contributed by atoms with Crippen molar-refractivity contribution in [3.05, 3.63) is 70.4 Å². The van der Waals surface area contributed by atoms with E-state index < -0.39 is 17.7 Å². The maximum atomic E-state index is 12.9. The van der Waals surface area contributed by atoms with Gasteiger partial charge in [-0.1, -0.05) is 18.7 Å². The Morgan fingerprint density at radius 2 is 2.00 bits per heavy atom. The summed E-state index contributed by atoms with van der Waals surface area (Å²) in [4.78, 5) is 30.2. The topological polar surface area (TPSA) is 70.1 Å². The molecule has 0 aliphatic carbocycles. The summed E-state index contributed by atoms with van der Waals surface area (Å²) in [5.74, 6) is -0.759. The van der Waals surface area contributed by atoms with Gasteiger partial charge in [-0.25, -0.2) is 0 Å². The quantitative estimate of drug-likeness (QED) is 0.287. The normalized spacial score (nSPS) is 18.2. The summed E-state index contributed by atoms with van der Waals surface area (Å²) in [6, 6.07) is 9.98. The van der Waals surface area contributed by atoms with Crippen LogP contribution in [0.3, 0.4) is 0 Å². The van der Waals surface area contributed by atoms with Crippen LogP contribution < -0.4 is 4.74 Å². The van der Waals surface area contributed by atoms with Crippen LogP contribution in [-0.2, 0) is 9.59 Å². The Hall–Kier alpha value is -2.90. The van der Waals surface area contributed by atoms with Crippen LogP contribution in [0.5, 0.6) is 5.75 Å². The van der Waals surface area contributed by atoms with Crippen molar-refractivity contribution in [3.63, 3.8) is 0 Å². The zero-order chi connectivity index (χ0) is 21.7. The molecule has 1 amide bonds. The molecule has 0 spiro atoms. The van der Waals surface area contributed by atoms with Crippen molar-refractivity contribution in [2.75, 3.05) is 33.8 Å². The molecule has 3 rings (SSSR count). The number of nitrogens with zero attached hydrogens (tertiary/aromatic N) is 2. The van der Waals surface area contributed by atoms with Gasteiger partial charge in [-0.15, -0.1) is 11.3 Å². The van der Waals surface area contributed by atoms with Crippen molar-refractivity contribution >= 4 is 28.8 Å². The Balaban J connectivity index is 1.96. The van der Waals surface area contributed by atoms with Gasteiger partial charge < -0.3 is 19.6 Å². The van der Waals surface area contributed by atoms with Crippen LogP contribution in [0.15, 0.2) is 60.0 Å². The number of ketones is 1. The van der Waals surface area contributed by atoms with Gasteiger partial charge >= 0.3 is 0 Å². The standard InChI is InChI=1S/C23H26N2O4S/c1-4-14-29-17-10-8-16(9-11-17)21(26)19-20(18-7-5-15-30-18)25(23(28)22(19)27)13-6-12-24(2)3/h4-5,7-11,15,20,26H,1,6,12-14H2,2-3H3/b21-19-. The average Bonchev–Trinajstić information content (AvgIpc) is 3.34. The smallest absolute Gasteiger partial charge is 0.295 e. The highest BCUT2D eigenvalue weighted by atomic mass is 32.1. The second kappa shape index (κ2) is 9.73. The van der Waals surface area contributed by atoms with Crippen molar-refractivity contribution in [3.8, 4) is 5.75 Å². The Morgan fingerprint density at radius 3 is 2.60 bits per heavy atom. The minimum Gasteiger partial charge on any atom is -0.507 e. The molecule has 1 aliphatic rings. The second-order valence-corrected chi connectivity index (χ2v) is 8.27. The number of thiophene rings is 1. The third-order valence-corrected chi connectivity index (χ3v) is 5.78. The van der Waals surface area contributed by atoms with E-state index in [0.29, 0.717) is 24.5 Å². The summed E-state index contributed by atoms with van der Waals surface area (Å²) in [7, 11) is 3.93. The lowest BCUT2D eigenvalue weighted by atomic mass is 10.00. The largest absolute Gasteiger partial charge is 0.507 e. The molecule has 1 N–H and O–H groups in total. The molecule has 1 aromatic heterocycles. The molecule has 7 heteroatoms. The van der Waals surface area contributed by atoms with Crippen molar-refractivity contribution in [1.29, 1.82) is 0 Å². The summed E-state index contributed by atoms with van der Waals surface area (Å²) < 4.78 is 5.47. The fourth-order valence-electron chi connectivity index (χ4n) is 3.43. The summed E-state index contributed by atoms with van der Waals surface area (Å²) in [5.41, 5.74) is 0.598. The zero-order valence-corrected chi connectivity index (χ0v) is 18.0. The van der Waals surface area contributed by atoms with Crippen LogP contribution in [0.25, 0.3) is 5.76 Å². The number of ether oxygens (including phenoxy) is 1. The molecule has 1 saturated heterocycles. The number of rotatable bonds is 9. The van der Waals surface area contributed by atoms with Gasteiger partial charge in [0.15, 0.2) is 0 Å². The highest BCUT2D eigenvalue weighted by Gasteiger charge is 2.46. The van der Waals surface area contributed by atoms with Crippen molar-refractivity contribution in [2.45, 2.75) is 12.5 Å². The van der Waals surface area contributed by atoms with Crippen molar-refractivity contribution in [1.82, 2.24) is 9.80 Å². The van der Waals surface area contributed by atoms with Gasteiger partial charge in [0, 0.05) is 17.0 Å². The number of benzene rings is 1. The number of likely N-dealkylation sites (tertiary alicyclic amines) is 1. The molecule has 2 heterocycles. The number of aliphatic hydroxyl groups is 1. The first-order chi connectivity index (χ1) is 14.4. The molecule has 6 nitrogen and oxygen atoms in total. The fraction of sp³-hybridized carbons (Fsp3) is 0.304. The summed E-state index contributed by atoms with van der Waals surface area (Å²) in [5, 5.41) is 12.9. The van der Waals surface area contributed by atoms with Gasteiger partial charge in [-0.05, 0) is 62.8 Å². The zero-order valence-electron chi connectivity index (χ0n) is 17.2. The maximum Gasteiger partial charge on any atom is 0.295 e. The lowest BCUT2D eigenvalue weighted by Crippen LogP contribution is -2.32. The molecule has 0 saturated carbocycles. The number of aliphatic hydroxyl groups excluding tert-OH is 1. The molecule has 158 valence electrons. The lowest BCUT2D eigenvalue weighted by molar-refractivity contribution is -0.139. The van der Waals surface area contributed by atoms with E-state index in [9.17, 15) is 14.7 Å². The van der Waals surface area contributed by atoms with E-state index in [2.05, 4.69) is 6.58 Å². The fourth-order valence-corrected chi connectivity index (χ4v) is 4.28. The summed E-state index contributed by atoms with van der Waals surface area (Å²) in [6.45, 7) is 5.23. The third-order valence-electron chi connectivity index (χ3n) is 4.85. The number of amides is 1. The Morgan fingerprint density at radius 1 is 1.27 bits per heavy atom. The number of Topliss-reactive ketones (excluding diaryl/α,β-unsaturated/α-hetero) is 1. The van der Waals surface area contributed by atoms with E-state index in [4.69, 9.17) is 4.74 Å². The highest BCUT2D eigenvalue weighted by Crippen LogP contribution is 2.41. The molecule has 1 fully saturated rings. The first-order valence-corrected chi connectivity index (χ1v) is 10.6. The van der Waals surface area contributed by atoms with Crippen LogP contribution in [0, 0.1) is 0 Å². The summed E-state index contributed by atoms with van der Waals surface area (Å²) >= 11 is 1.46. The molecule has 1 atom stereocenters. The number of hydrogen-bond acceptors (Lipinski definition) is 6. The number of carbonyl (C=O) groups is 2. The van der Waals surface area contributed by atoms with Crippen LogP contribution >= 0.6 is 11.3 Å². The van der Waals surface area contributed by atoms with Gasteiger partial charge in [0.25, 0.3) is 11.7 Å². The van der Waals surface area contributed by atoms with Crippen LogP contribution in [0.4, 0.5) is 0 Å². The van der Waals surface area contributed by atoms with E-state index >= 15 is 0 Å². The van der Waals surface area contributed by atoms with Crippen LogP contribution in [0.1, 0.15) is 22.9 Å². The van der Waals surface area contributed by atoms with E-state index in [-0.39, 0.29) is 11.3 Å². The molecule has 1 aromatic carbocycles. The molecular formula is C23H26N2O4S. The van der Waals surface area contributed by atoms with Gasteiger partial charge in [-0.3, -0.25) is 9.59 Å². The Kier molecular flexibility index (Phi) is 7.07. The third kappa shape index (κ3) is 4.63. The SMILES string of the molecule is C=CCOc1ccc(/C(O)=C2/C(=O)C(=O)N(CCCN(C)C)C2c2cccs2)cc1. The van der Waals surface area contributed by atoms with Crippen LogP contribution in [0.2, 0.25) is 0 Å². The minimum atomic E-state index is -0.650. The number of carbonyl (C=O) groups excluding carboxylic acids is 2. The molecule has 2 aromatic rings. The van der Waals surface area contributed by atoms with Crippen molar-refractivity contribution < 1.29 is 19.4 Å². The average molecular weight is 427 g/mol. The van der Waals surface area contributed by atoms with E-state index in [1.807, 2.05) is 36.5 Å². The van der Waals surface area contributed by atoms with Crippen molar-refractivity contribution in [2.24, 2.45) is 0 Å². The van der Waals surface area contributed by atoms with E-state index in [1.54, 1.807) is 35.2 Å². The van der Waals surface area contributed by atoms with Gasteiger partial charge in [0.2, 0.25) is 0 Å². The number of hydrogen-bond donors (Lipinski definition) is 1. The Labute approximate surface area is 180 Å². The molecule has 30 heavy (non-hydrogen) atoms. The second-order valence-electron chi connectivity index (χ2n) is 7.29. The molecular weight excluding hydrogens is 400 g/mol. The Bertz CT molecular complexity index is 933. The summed E-state index contributed by atoms with van der Waals surface area (Å²) in [6.07, 6.45) is 2.38. The molecule has 0 radical (unpaired) electrons. The highest BCUT2D eigenvalue weighted by molar-refractivity contribution is 7.10. The first kappa shape index (κ1) is 21.8. The van der Waals surface area contributed by atoms with E-state index in [1.165, 1.54) is 11.3 Å². The first-order valence-electron chi connectivity index (χ1n) is 9.74. The maximum absolute atomic E-state index is 12.9. The predicted molar refractivity (Wildman–Crippen MR) is 119 cm³/mol. The molecule has 1 aliphatic heterocycles. The van der Waals surface area contributed by atoms with Gasteiger partial charge in [0.05, 0.1) is 11.6 Å². The van der Waals surface area contributed by atoms with Gasteiger partial charge in [-0.2, -0.15) is 0 Å². The lowest BCUT2D eigenvalue weighted by Gasteiger charge is -2.24.